The molecular formula is C65H145N5O22Si7. The molecule has 0 aromatic carbocycles. The molecule has 12 N–H and O–H groups in total. The summed E-state index contributed by atoms with van der Waals surface area (Å²) in [6.45, 7) is 36.0. The van der Waals surface area contributed by atoms with Crippen LogP contribution < -0.4 is 27.8 Å². The van der Waals surface area contributed by atoms with Gasteiger partial charge in [0, 0.05) is 87.1 Å². The Labute approximate surface area is 605 Å². The molecule has 99 heavy (non-hydrogen) atoms. The van der Waals surface area contributed by atoms with Gasteiger partial charge in [-0.15, -0.1) is 0 Å². The third-order valence-corrected chi connectivity index (χ3v) is 41.7. The second-order valence-corrected chi connectivity index (χ2v) is 56.7. The number of carboxylic acids is 4. The number of amides is 2. The van der Waals surface area contributed by atoms with E-state index in [2.05, 4.69) is 104 Å². The fourth-order valence-corrected chi connectivity index (χ4v) is 34.0. The average Bonchev–Trinajstić information content (AvgIpc) is 0.855. The van der Waals surface area contributed by atoms with Gasteiger partial charge in [-0.05, 0) is 165 Å². The van der Waals surface area contributed by atoms with Crippen LogP contribution in [0.2, 0.25) is 119 Å². The van der Waals surface area contributed by atoms with Gasteiger partial charge >= 0.3 is 53.3 Å². The zero-order valence-corrected chi connectivity index (χ0v) is 71.7. The lowest BCUT2D eigenvalue weighted by Crippen LogP contribution is -2.49. The molecule has 0 aromatic heterocycles. The fraction of sp³-hybridized carbons (Fsp3) is 0.877. The highest BCUT2D eigenvalue weighted by molar-refractivity contribution is 6.83. The van der Waals surface area contributed by atoms with Gasteiger partial charge in [-0.2, -0.15) is 19.2 Å². The minimum atomic E-state index is -2.34. The van der Waals surface area contributed by atoms with E-state index in [4.69, 9.17) is 86.8 Å². The lowest BCUT2D eigenvalue weighted by molar-refractivity contribution is -0.193. The number of ether oxygens (including phenoxy) is 1. The van der Waals surface area contributed by atoms with Crippen LogP contribution in [0.15, 0.2) is 0 Å². The predicted molar refractivity (Wildman–Crippen MR) is 408 cm³/mol. The first kappa shape index (κ1) is 112. The van der Waals surface area contributed by atoms with Crippen molar-refractivity contribution in [3.63, 3.8) is 0 Å². The van der Waals surface area contributed by atoms with Gasteiger partial charge in [0.05, 0.1) is 12.3 Å². The molecule has 0 spiro atoms. The first-order valence-corrected chi connectivity index (χ1v) is 54.6. The smallest absolute Gasteiger partial charge is 0.373 e. The van der Waals surface area contributed by atoms with Crippen molar-refractivity contribution < 1.29 is 103 Å². The molecule has 590 valence electrons. The van der Waals surface area contributed by atoms with Crippen molar-refractivity contribution in [1.29, 1.82) is 0 Å². The molecule has 0 saturated carbocycles. The van der Waals surface area contributed by atoms with Gasteiger partial charge in [-0.3, -0.25) is 24.0 Å². The Bertz CT molecular complexity index is 2130. The molecule has 27 nitrogen and oxygen atoms in total. The second-order valence-electron chi connectivity index (χ2n) is 27.2. The molecule has 0 heterocycles. The molecule has 0 rings (SSSR count). The van der Waals surface area contributed by atoms with Crippen LogP contribution >= 0.6 is 0 Å². The van der Waals surface area contributed by atoms with Crippen LogP contribution in [0.1, 0.15) is 159 Å². The van der Waals surface area contributed by atoms with Gasteiger partial charge in [-0.1, -0.05) is 100 Å². The largest absolute Gasteiger partial charge is 0.481 e. The first-order chi connectivity index (χ1) is 45.5. The van der Waals surface area contributed by atoms with Crippen molar-refractivity contribution in [2.24, 2.45) is 29.0 Å². The van der Waals surface area contributed by atoms with Crippen molar-refractivity contribution in [1.82, 2.24) is 10.6 Å². The number of nitrogens with two attached hydrogens (primary N) is 3. The van der Waals surface area contributed by atoms with Crippen LogP contribution in [0.25, 0.3) is 0 Å². The molecule has 0 saturated heterocycles. The number of carbonyl (C=O) groups excluding carboxylic acids is 6. The summed E-state index contributed by atoms with van der Waals surface area (Å²) in [6.07, 6.45) is 12.5. The van der Waals surface area contributed by atoms with Gasteiger partial charge in [0.25, 0.3) is 0 Å². The number of unbranched alkanes of at least 4 members (excludes halogenated alkanes) is 1. The average molecular weight is 1550 g/mol. The highest BCUT2D eigenvalue weighted by Crippen LogP contribution is 2.31. The SMILES string of the molecule is C.CCC[Si](C)(CCCC(C)C(=O)O)OC.CCC[Si](C)(CCCCC(=O)O)OC.CCC[Si](C)(CCCN)OC.CCC[Si](CCCC(CC(=O)NCCN)C(=O)NCCN)(OC)O[Si](C)(C)C.CCC[Si](CCCOC(C)(CC(=O)O)C(=O)O)(OC)O[Si](C)(C)C.O=C=O.O=C=O. The number of rotatable bonds is 51. The van der Waals surface area contributed by atoms with Crippen LogP contribution in [0, 0.1) is 11.8 Å². The molecule has 0 aliphatic heterocycles. The third-order valence-electron chi connectivity index (χ3n) is 15.7. The zero-order valence-electron chi connectivity index (χ0n) is 64.7. The quantitative estimate of drug-likeness (QED) is 0.0202. The van der Waals surface area contributed by atoms with Crippen molar-refractivity contribution in [2.45, 2.75) is 284 Å². The van der Waals surface area contributed by atoms with E-state index in [1.165, 1.54) is 37.5 Å². The Balaban J connectivity index is -0.000000176. The Kier molecular flexibility index (Phi) is 73.7. The standard InChI is InChI=1S/C18H42N4O4Si2.C15H32O7Si2.C11H24O3Si.C10H22O3Si.C8H21NOSi.2CO2.CH4/c1-6-13-28(25-2,26-27(3,4)5)14-7-8-16(18(24)22-12-10-20)15-17(23)21-11-9-19;1-7-10-24(20-3,22-23(4,5)6)11-8-9-21-15(2,14(18)19)12-13(16)17;1-5-8-15(4,14-3)9-6-7-10(2)11(12)13;1-4-8-14(3,13-2)9-6-5-7-10(11)12;1-4-7-11(3,10-2)8-5-6-9;2*2-1-3;/h16H,6-15,19-20H2,1-5H3,(H,21,23)(H,22,24);7-12H2,1-6H3,(H,16,17)(H,18,19);10H,5-9H2,1-4H3,(H,12,13);4-9H2,1-3H3,(H,11,12);4-9H2,1-3H3;;;1H4. The minimum Gasteiger partial charge on any atom is -0.481 e. The lowest BCUT2D eigenvalue weighted by atomic mass is 9.98. The molecular weight excluding hydrogens is 1400 g/mol. The number of carbonyl (C=O) groups is 6. The second kappa shape index (κ2) is 65.4. The van der Waals surface area contributed by atoms with Crippen LogP contribution in [-0.2, 0) is 83.0 Å². The highest BCUT2D eigenvalue weighted by atomic mass is 28.4. The number of carboxylic acid groups (broad SMARTS) is 4. The Hall–Kier alpha value is -3.34. The minimum absolute atomic E-state index is 0. The van der Waals surface area contributed by atoms with Crippen molar-refractivity contribution >= 4 is 107 Å². The lowest BCUT2D eigenvalue weighted by Gasteiger charge is -2.35. The molecule has 0 bridgehead atoms. The first-order valence-electron chi connectivity index (χ1n) is 34.9. The summed E-state index contributed by atoms with van der Waals surface area (Å²) in [4.78, 5) is 100. The van der Waals surface area contributed by atoms with Crippen molar-refractivity contribution in [2.75, 3.05) is 74.9 Å². The molecule has 2 amide bonds. The zero-order chi connectivity index (χ0) is 77.7. The van der Waals surface area contributed by atoms with Crippen LogP contribution in [0.3, 0.4) is 0 Å². The van der Waals surface area contributed by atoms with Crippen molar-refractivity contribution in [3.8, 4) is 0 Å². The van der Waals surface area contributed by atoms with E-state index < -0.39 is 94.6 Å². The number of aliphatic carboxylic acids is 4. The van der Waals surface area contributed by atoms with E-state index in [0.717, 1.165) is 101 Å². The molecule has 0 fully saturated rings. The molecule has 0 aliphatic rings. The summed E-state index contributed by atoms with van der Waals surface area (Å²) >= 11 is 0. The summed E-state index contributed by atoms with van der Waals surface area (Å²) < 4.78 is 46.7. The van der Waals surface area contributed by atoms with E-state index in [0.29, 0.717) is 51.5 Å². The molecule has 8 unspecified atom stereocenters. The van der Waals surface area contributed by atoms with E-state index in [-0.39, 0.29) is 56.4 Å². The van der Waals surface area contributed by atoms with Crippen LogP contribution in [-0.4, -0.2) is 208 Å². The van der Waals surface area contributed by atoms with E-state index in [1.807, 2.05) is 7.11 Å². The monoisotopic (exact) mass is 1540 g/mol. The number of hydrogen-bond donors (Lipinski definition) is 9. The maximum atomic E-state index is 12.5. The summed E-state index contributed by atoms with van der Waals surface area (Å²) in [6, 6.07) is 10.3. The summed E-state index contributed by atoms with van der Waals surface area (Å²) in [5, 5.41) is 40.8. The molecule has 8 atom stereocenters. The van der Waals surface area contributed by atoms with Crippen LogP contribution in [0.5, 0.6) is 0 Å². The molecule has 0 aromatic rings. The molecule has 34 heteroatoms. The summed E-state index contributed by atoms with van der Waals surface area (Å²) in [7, 11) is -3.63. The van der Waals surface area contributed by atoms with Crippen molar-refractivity contribution in [3.05, 3.63) is 0 Å². The predicted octanol–water partition coefficient (Wildman–Crippen LogP) is 11.8. The maximum absolute atomic E-state index is 12.5. The van der Waals surface area contributed by atoms with E-state index >= 15 is 0 Å². The normalized spacial score (nSPS) is 15.1. The van der Waals surface area contributed by atoms with E-state index in [9.17, 15) is 33.9 Å². The number of hydrogen-bond acceptors (Lipinski definition) is 21. The van der Waals surface area contributed by atoms with Gasteiger partial charge < -0.3 is 83.4 Å². The molecule has 0 radical (unpaired) electrons. The Morgan fingerprint density at radius 1 is 0.485 bits per heavy atom. The van der Waals surface area contributed by atoms with Gasteiger partial charge in [0.1, 0.15) is 0 Å². The topological polar surface area (TPSA) is 428 Å². The third kappa shape index (κ3) is 66.4. The van der Waals surface area contributed by atoms with E-state index in [1.54, 1.807) is 35.4 Å². The maximum Gasteiger partial charge on any atom is 0.373 e. The van der Waals surface area contributed by atoms with Crippen LogP contribution in [0.4, 0.5) is 0 Å². The Morgan fingerprint density at radius 3 is 1.18 bits per heavy atom. The number of nitrogens with one attached hydrogen (secondary N) is 2. The summed E-state index contributed by atoms with van der Waals surface area (Å²) in [5.74, 6) is -4.74. The molecule has 0 aliphatic carbocycles. The van der Waals surface area contributed by atoms with Gasteiger partial charge in [-0.25, -0.2) is 4.79 Å². The summed E-state index contributed by atoms with van der Waals surface area (Å²) in [5.41, 5.74) is 14.6. The highest BCUT2D eigenvalue weighted by Gasteiger charge is 2.42. The van der Waals surface area contributed by atoms with Gasteiger partial charge in [0.2, 0.25) is 11.8 Å². The fourth-order valence-electron chi connectivity index (χ4n) is 10.5. The van der Waals surface area contributed by atoms with Gasteiger partial charge in [0.15, 0.2) is 47.2 Å². The Morgan fingerprint density at radius 2 is 0.859 bits per heavy atom.